The summed E-state index contributed by atoms with van der Waals surface area (Å²) in [6.45, 7) is 2.21. The smallest absolute Gasteiger partial charge is 0.336 e. The zero-order valence-corrected chi connectivity index (χ0v) is 9.36. The Morgan fingerprint density at radius 1 is 1.41 bits per heavy atom. The second-order valence-electron chi connectivity index (χ2n) is 4.09. The summed E-state index contributed by atoms with van der Waals surface area (Å²) < 4.78 is 13.3. The maximum Gasteiger partial charge on any atom is 0.336 e. The predicted molar refractivity (Wildman–Crippen MR) is 58.2 cm³/mol. The first-order valence-corrected chi connectivity index (χ1v) is 5.29. The number of hydrogen-bond acceptors (Lipinski definition) is 2. The molecule has 1 aromatic rings. The van der Waals surface area contributed by atoms with E-state index < -0.39 is 11.8 Å². The highest BCUT2D eigenvalue weighted by molar-refractivity contribution is 5.90. The molecule has 0 radical (unpaired) electrons. The van der Waals surface area contributed by atoms with Crippen LogP contribution in [-0.2, 0) is 17.8 Å². The van der Waals surface area contributed by atoms with Crippen LogP contribution in [0, 0.1) is 5.82 Å². The Morgan fingerprint density at radius 2 is 2.12 bits per heavy atom. The SMILES string of the molecule is CC(=O)N1CCc2c(cc(F)cc2C(=O)O)C1. The van der Waals surface area contributed by atoms with Crippen molar-refractivity contribution in [1.29, 1.82) is 0 Å². The standard InChI is InChI=1S/C12H12FNO3/c1-7(15)14-3-2-10-8(6-14)4-9(13)5-11(10)12(16)17/h4-5H,2-3,6H2,1H3,(H,16,17). The molecule has 0 saturated carbocycles. The summed E-state index contributed by atoms with van der Waals surface area (Å²) in [4.78, 5) is 23.8. The Kier molecular flexibility index (Phi) is 2.83. The number of fused-ring (bicyclic) bond motifs is 1. The van der Waals surface area contributed by atoms with Crippen molar-refractivity contribution in [3.05, 3.63) is 34.6 Å². The molecule has 0 atom stereocenters. The van der Waals surface area contributed by atoms with Crippen molar-refractivity contribution in [3.63, 3.8) is 0 Å². The minimum Gasteiger partial charge on any atom is -0.478 e. The Labute approximate surface area is 97.7 Å². The van der Waals surface area contributed by atoms with Gasteiger partial charge in [-0.05, 0) is 29.7 Å². The van der Waals surface area contributed by atoms with Crippen LogP contribution in [0.1, 0.15) is 28.4 Å². The van der Waals surface area contributed by atoms with Gasteiger partial charge < -0.3 is 10.0 Å². The van der Waals surface area contributed by atoms with Crippen molar-refractivity contribution in [2.45, 2.75) is 19.9 Å². The van der Waals surface area contributed by atoms with Crippen LogP contribution in [0.25, 0.3) is 0 Å². The highest BCUT2D eigenvalue weighted by Crippen LogP contribution is 2.24. The van der Waals surface area contributed by atoms with Crippen molar-refractivity contribution in [2.24, 2.45) is 0 Å². The first-order valence-electron chi connectivity index (χ1n) is 5.29. The zero-order valence-electron chi connectivity index (χ0n) is 9.36. The summed E-state index contributed by atoms with van der Waals surface area (Å²) in [5.41, 5.74) is 1.23. The molecule has 0 saturated heterocycles. The van der Waals surface area contributed by atoms with Crippen LogP contribution in [-0.4, -0.2) is 28.4 Å². The van der Waals surface area contributed by atoms with Gasteiger partial charge in [0.05, 0.1) is 5.56 Å². The van der Waals surface area contributed by atoms with Gasteiger partial charge in [-0.25, -0.2) is 9.18 Å². The van der Waals surface area contributed by atoms with Gasteiger partial charge in [0, 0.05) is 20.0 Å². The quantitative estimate of drug-likeness (QED) is 0.803. The van der Waals surface area contributed by atoms with Gasteiger partial charge >= 0.3 is 5.97 Å². The normalized spacial score (nSPS) is 14.4. The molecule has 0 aliphatic carbocycles. The van der Waals surface area contributed by atoms with Crippen molar-refractivity contribution in [2.75, 3.05) is 6.54 Å². The maximum atomic E-state index is 13.3. The third kappa shape index (κ3) is 2.13. The fourth-order valence-corrected chi connectivity index (χ4v) is 2.12. The second-order valence-corrected chi connectivity index (χ2v) is 4.09. The number of benzene rings is 1. The number of rotatable bonds is 1. The average Bonchev–Trinajstić information content (AvgIpc) is 2.26. The van der Waals surface area contributed by atoms with Crippen molar-refractivity contribution < 1.29 is 19.1 Å². The summed E-state index contributed by atoms with van der Waals surface area (Å²) in [6.07, 6.45) is 0.455. The van der Waals surface area contributed by atoms with Gasteiger partial charge in [0.15, 0.2) is 0 Å². The minimum atomic E-state index is -1.13. The number of carbonyl (C=O) groups excluding carboxylic acids is 1. The third-order valence-electron chi connectivity index (χ3n) is 2.98. The molecule has 0 aromatic heterocycles. The Morgan fingerprint density at radius 3 is 2.71 bits per heavy atom. The Hall–Kier alpha value is -1.91. The molecule has 1 N–H and O–H groups in total. The topological polar surface area (TPSA) is 57.6 Å². The van der Waals surface area contributed by atoms with E-state index in [-0.39, 0.29) is 18.0 Å². The zero-order chi connectivity index (χ0) is 12.6. The number of carboxylic acid groups (broad SMARTS) is 1. The molecular weight excluding hydrogens is 225 g/mol. The molecular formula is C12H12FNO3. The summed E-state index contributed by atoms with van der Waals surface area (Å²) in [5.74, 6) is -1.79. The Balaban J connectivity index is 2.45. The van der Waals surface area contributed by atoms with Gasteiger partial charge in [-0.15, -0.1) is 0 Å². The summed E-state index contributed by atoms with van der Waals surface area (Å²) in [7, 11) is 0. The van der Waals surface area contributed by atoms with Gasteiger partial charge in [-0.1, -0.05) is 0 Å². The fourth-order valence-electron chi connectivity index (χ4n) is 2.12. The lowest BCUT2D eigenvalue weighted by Gasteiger charge is -2.28. The average molecular weight is 237 g/mol. The van der Waals surface area contributed by atoms with Gasteiger partial charge in [-0.2, -0.15) is 0 Å². The lowest BCUT2D eigenvalue weighted by atomic mass is 9.94. The molecule has 5 heteroatoms. The number of aromatic carboxylic acids is 1. The Bertz CT molecular complexity index is 499. The first kappa shape index (κ1) is 11.6. The van der Waals surface area contributed by atoms with E-state index in [0.29, 0.717) is 24.1 Å². The van der Waals surface area contributed by atoms with E-state index >= 15 is 0 Å². The summed E-state index contributed by atoms with van der Waals surface area (Å²) in [5, 5.41) is 8.99. The number of halogens is 1. The van der Waals surface area contributed by atoms with Crippen LogP contribution in [0.2, 0.25) is 0 Å². The number of carbonyl (C=O) groups is 2. The van der Waals surface area contributed by atoms with Crippen LogP contribution in [0.4, 0.5) is 4.39 Å². The van der Waals surface area contributed by atoms with Gasteiger partial charge in [-0.3, -0.25) is 4.79 Å². The van der Waals surface area contributed by atoms with Crippen LogP contribution in [0.3, 0.4) is 0 Å². The van der Waals surface area contributed by atoms with E-state index in [0.717, 1.165) is 6.07 Å². The highest BCUT2D eigenvalue weighted by atomic mass is 19.1. The summed E-state index contributed by atoms with van der Waals surface area (Å²) in [6, 6.07) is 2.33. The molecule has 1 amide bonds. The molecule has 0 spiro atoms. The van der Waals surface area contributed by atoms with Gasteiger partial charge in [0.1, 0.15) is 5.82 Å². The molecule has 17 heavy (non-hydrogen) atoms. The molecule has 2 rings (SSSR count). The van der Waals surface area contributed by atoms with E-state index in [9.17, 15) is 14.0 Å². The second kappa shape index (κ2) is 4.16. The largest absolute Gasteiger partial charge is 0.478 e. The third-order valence-corrected chi connectivity index (χ3v) is 2.98. The van der Waals surface area contributed by atoms with Crippen molar-refractivity contribution in [3.8, 4) is 0 Å². The van der Waals surface area contributed by atoms with E-state index in [1.807, 2.05) is 0 Å². The molecule has 1 aliphatic rings. The van der Waals surface area contributed by atoms with Gasteiger partial charge in [0.25, 0.3) is 0 Å². The molecule has 90 valence electrons. The van der Waals surface area contributed by atoms with Crippen LogP contribution >= 0.6 is 0 Å². The lowest BCUT2D eigenvalue weighted by Crippen LogP contribution is -2.35. The fraction of sp³-hybridized carbons (Fsp3) is 0.333. The van der Waals surface area contributed by atoms with E-state index in [1.54, 1.807) is 4.90 Å². The highest BCUT2D eigenvalue weighted by Gasteiger charge is 2.23. The molecule has 1 aromatic carbocycles. The molecule has 0 fully saturated rings. The number of amides is 1. The molecule has 0 unspecified atom stereocenters. The molecule has 1 heterocycles. The van der Waals surface area contributed by atoms with Crippen LogP contribution < -0.4 is 0 Å². The van der Waals surface area contributed by atoms with E-state index in [2.05, 4.69) is 0 Å². The van der Waals surface area contributed by atoms with Crippen molar-refractivity contribution >= 4 is 11.9 Å². The predicted octanol–water partition coefficient (Wildman–Crippen LogP) is 1.43. The number of nitrogens with zero attached hydrogens (tertiary/aromatic N) is 1. The maximum absolute atomic E-state index is 13.3. The minimum absolute atomic E-state index is 0.00296. The van der Waals surface area contributed by atoms with Crippen LogP contribution in [0.15, 0.2) is 12.1 Å². The molecule has 1 aliphatic heterocycles. The monoisotopic (exact) mass is 237 g/mol. The number of hydrogen-bond donors (Lipinski definition) is 1. The van der Waals surface area contributed by atoms with Crippen LogP contribution in [0.5, 0.6) is 0 Å². The lowest BCUT2D eigenvalue weighted by molar-refractivity contribution is -0.129. The molecule has 0 bridgehead atoms. The number of carboxylic acids is 1. The van der Waals surface area contributed by atoms with E-state index in [1.165, 1.54) is 13.0 Å². The van der Waals surface area contributed by atoms with Crippen molar-refractivity contribution in [1.82, 2.24) is 4.90 Å². The summed E-state index contributed by atoms with van der Waals surface area (Å²) >= 11 is 0. The first-order chi connectivity index (χ1) is 7.99. The van der Waals surface area contributed by atoms with Gasteiger partial charge in [0.2, 0.25) is 5.91 Å². The molecule has 4 nitrogen and oxygen atoms in total. The van der Waals surface area contributed by atoms with E-state index in [4.69, 9.17) is 5.11 Å².